The fraction of sp³-hybridized carbons (Fsp3) is 0.368. The molecule has 0 amide bonds. The second-order valence-electron chi connectivity index (χ2n) is 16.6. The van der Waals surface area contributed by atoms with Crippen LogP contribution in [0.3, 0.4) is 0 Å². The Labute approximate surface area is 398 Å². The van der Waals surface area contributed by atoms with Gasteiger partial charge in [-0.15, -0.1) is 0 Å². The first-order chi connectivity index (χ1) is 31.8. The standard InChI is InChI=1S/C28H32O5.C27H30O5.2CH4/c1-28(32-20-24-16-10-5-11-17-24)26(31-19-23-14-8-4-9-15-23)25(33-27(28)29-2)21-30-18-22-12-6-3-7-13-22;1-27(31-19-23-15-9-4-10-16-23)25(30-18-22-13-7-3-8-14-22)24(32-26(27)28)20-29-17-21-11-5-2-6-12-21;;/h3-17,25-27H,18-21H2,1-2H3;2-16,24-26,28H,17-20H2,1H3;2*1H4/t25-,26-,27?,28-;24-,25-,26?,27-;;/m11../s1. The highest BCUT2D eigenvalue weighted by atomic mass is 16.7. The lowest BCUT2D eigenvalue weighted by atomic mass is 9.96. The van der Waals surface area contributed by atoms with Gasteiger partial charge in [0.2, 0.25) is 0 Å². The van der Waals surface area contributed by atoms with E-state index in [1.807, 2.05) is 196 Å². The average Bonchev–Trinajstić information content (AvgIpc) is 3.77. The number of benzene rings is 6. The van der Waals surface area contributed by atoms with Crippen LogP contribution in [0.15, 0.2) is 182 Å². The van der Waals surface area contributed by atoms with Gasteiger partial charge in [-0.05, 0) is 47.2 Å². The Morgan fingerprint density at radius 2 is 0.716 bits per heavy atom. The minimum absolute atomic E-state index is 0. The molecule has 0 spiro atoms. The zero-order valence-electron chi connectivity index (χ0n) is 37.6. The molecule has 0 aromatic heterocycles. The lowest BCUT2D eigenvalue weighted by Crippen LogP contribution is -2.50. The number of hydrogen-bond acceptors (Lipinski definition) is 10. The Bertz CT molecular complexity index is 2200. The number of aliphatic hydroxyl groups excluding tert-OH is 1. The molecule has 2 aliphatic rings. The van der Waals surface area contributed by atoms with Gasteiger partial charge in [-0.25, -0.2) is 0 Å². The van der Waals surface area contributed by atoms with Gasteiger partial charge in [-0.3, -0.25) is 0 Å². The third-order valence-electron chi connectivity index (χ3n) is 11.7. The Kier molecular flexibility index (Phi) is 21.4. The number of aliphatic hydroxyl groups is 1. The van der Waals surface area contributed by atoms with E-state index in [0.29, 0.717) is 46.2 Å². The molecule has 2 aliphatic heterocycles. The highest BCUT2D eigenvalue weighted by molar-refractivity contribution is 5.18. The van der Waals surface area contributed by atoms with E-state index >= 15 is 0 Å². The molecule has 358 valence electrons. The van der Waals surface area contributed by atoms with Gasteiger partial charge in [0.25, 0.3) is 0 Å². The van der Waals surface area contributed by atoms with Crippen LogP contribution in [0.1, 0.15) is 62.1 Å². The van der Waals surface area contributed by atoms with E-state index in [2.05, 4.69) is 0 Å². The van der Waals surface area contributed by atoms with Crippen molar-refractivity contribution in [2.24, 2.45) is 0 Å². The van der Waals surface area contributed by atoms with Gasteiger partial charge in [0.1, 0.15) is 35.6 Å². The molecule has 6 aromatic carbocycles. The third-order valence-corrected chi connectivity index (χ3v) is 11.7. The molecule has 6 aromatic rings. The van der Waals surface area contributed by atoms with Crippen molar-refractivity contribution in [3.8, 4) is 0 Å². The van der Waals surface area contributed by atoms with Crippen molar-refractivity contribution >= 4 is 0 Å². The van der Waals surface area contributed by atoms with Gasteiger partial charge in [-0.1, -0.05) is 197 Å². The summed E-state index contributed by atoms with van der Waals surface area (Å²) in [5, 5.41) is 10.8. The van der Waals surface area contributed by atoms with Crippen LogP contribution in [0, 0.1) is 0 Å². The van der Waals surface area contributed by atoms with Crippen LogP contribution in [-0.4, -0.2) is 73.6 Å². The number of rotatable bonds is 21. The predicted octanol–water partition coefficient (Wildman–Crippen LogP) is 10.9. The summed E-state index contributed by atoms with van der Waals surface area (Å²) >= 11 is 0. The Morgan fingerprint density at radius 1 is 0.418 bits per heavy atom. The lowest BCUT2D eigenvalue weighted by molar-refractivity contribution is -0.216. The van der Waals surface area contributed by atoms with Crippen LogP contribution in [0.4, 0.5) is 0 Å². The maximum absolute atomic E-state index is 10.8. The minimum Gasteiger partial charge on any atom is -0.374 e. The molecule has 8 atom stereocenters. The van der Waals surface area contributed by atoms with Gasteiger partial charge in [0, 0.05) is 7.11 Å². The molecule has 0 bridgehead atoms. The number of ether oxygens (including phenoxy) is 9. The van der Waals surface area contributed by atoms with E-state index in [4.69, 9.17) is 42.6 Å². The summed E-state index contributed by atoms with van der Waals surface area (Å²) in [5.41, 5.74) is 4.59. The van der Waals surface area contributed by atoms with E-state index in [-0.39, 0.29) is 33.7 Å². The maximum Gasteiger partial charge on any atom is 0.189 e. The molecular weight excluding hydrogens is 845 g/mol. The molecule has 2 heterocycles. The number of hydrogen-bond donors (Lipinski definition) is 1. The van der Waals surface area contributed by atoms with Crippen LogP contribution in [-0.2, 0) is 82.3 Å². The monoisotopic (exact) mass is 914 g/mol. The summed E-state index contributed by atoms with van der Waals surface area (Å²) in [5.74, 6) is 0. The third kappa shape index (κ3) is 15.0. The first-order valence-corrected chi connectivity index (χ1v) is 22.3. The van der Waals surface area contributed by atoms with Crippen molar-refractivity contribution in [1.29, 1.82) is 0 Å². The quantitative estimate of drug-likeness (QED) is 0.0751. The van der Waals surface area contributed by atoms with Gasteiger partial charge in [0.15, 0.2) is 12.6 Å². The first kappa shape index (κ1) is 52.9. The smallest absolute Gasteiger partial charge is 0.189 e. The molecule has 8 rings (SSSR count). The van der Waals surface area contributed by atoms with Crippen LogP contribution in [0.2, 0.25) is 0 Å². The molecule has 67 heavy (non-hydrogen) atoms. The normalized spacial score (nSPS) is 24.2. The van der Waals surface area contributed by atoms with Crippen molar-refractivity contribution in [3.05, 3.63) is 215 Å². The summed E-state index contributed by atoms with van der Waals surface area (Å²) in [7, 11) is 1.64. The molecule has 0 aliphatic carbocycles. The van der Waals surface area contributed by atoms with Crippen molar-refractivity contribution in [3.63, 3.8) is 0 Å². The van der Waals surface area contributed by atoms with Crippen LogP contribution < -0.4 is 0 Å². The van der Waals surface area contributed by atoms with E-state index in [9.17, 15) is 5.11 Å². The molecule has 0 saturated carbocycles. The largest absolute Gasteiger partial charge is 0.374 e. The Morgan fingerprint density at radius 3 is 1.07 bits per heavy atom. The van der Waals surface area contributed by atoms with Gasteiger partial charge < -0.3 is 47.7 Å². The summed E-state index contributed by atoms with van der Waals surface area (Å²) in [6.45, 7) is 7.09. The van der Waals surface area contributed by atoms with Crippen molar-refractivity contribution in [1.82, 2.24) is 0 Å². The maximum atomic E-state index is 10.8. The van der Waals surface area contributed by atoms with E-state index in [1.54, 1.807) is 7.11 Å². The van der Waals surface area contributed by atoms with Gasteiger partial charge in [0.05, 0.1) is 52.9 Å². The van der Waals surface area contributed by atoms with Crippen molar-refractivity contribution in [2.45, 2.75) is 117 Å². The highest BCUT2D eigenvalue weighted by Crippen LogP contribution is 2.39. The fourth-order valence-corrected chi connectivity index (χ4v) is 8.02. The summed E-state index contributed by atoms with van der Waals surface area (Å²) in [4.78, 5) is 0. The molecule has 2 unspecified atom stereocenters. The number of methoxy groups -OCH3 is 1. The molecule has 1 N–H and O–H groups in total. The molecule has 10 heteroatoms. The van der Waals surface area contributed by atoms with Crippen LogP contribution in [0.5, 0.6) is 0 Å². The first-order valence-electron chi connectivity index (χ1n) is 22.3. The minimum atomic E-state index is -1.13. The van der Waals surface area contributed by atoms with Crippen molar-refractivity contribution in [2.75, 3.05) is 20.3 Å². The molecule has 0 radical (unpaired) electrons. The zero-order chi connectivity index (χ0) is 45.2. The van der Waals surface area contributed by atoms with E-state index < -0.39 is 36.0 Å². The Hall–Kier alpha value is -5.08. The highest BCUT2D eigenvalue weighted by Gasteiger charge is 2.57. The van der Waals surface area contributed by atoms with Crippen LogP contribution in [0.25, 0.3) is 0 Å². The average molecular weight is 915 g/mol. The van der Waals surface area contributed by atoms with E-state index in [1.165, 1.54) is 0 Å². The molecule has 2 fully saturated rings. The summed E-state index contributed by atoms with van der Waals surface area (Å²) < 4.78 is 55.2. The molecular formula is C57H70O10. The van der Waals surface area contributed by atoms with Crippen molar-refractivity contribution < 1.29 is 47.7 Å². The summed E-state index contributed by atoms with van der Waals surface area (Å²) in [6.07, 6.45) is -3.37. The summed E-state index contributed by atoms with van der Waals surface area (Å²) in [6, 6.07) is 60.1. The Balaban J connectivity index is 0.000000244. The molecule has 10 nitrogen and oxygen atoms in total. The van der Waals surface area contributed by atoms with E-state index in [0.717, 1.165) is 33.4 Å². The topological polar surface area (TPSA) is 103 Å². The zero-order valence-corrected chi connectivity index (χ0v) is 37.6. The fourth-order valence-electron chi connectivity index (χ4n) is 8.02. The van der Waals surface area contributed by atoms with Gasteiger partial charge >= 0.3 is 0 Å². The van der Waals surface area contributed by atoms with Gasteiger partial charge in [-0.2, -0.15) is 0 Å². The second kappa shape index (κ2) is 27.1. The predicted molar refractivity (Wildman–Crippen MR) is 262 cm³/mol. The SMILES string of the molecule is C.C.COC1O[C@H](COCc2ccccc2)[C@@H](OCc2ccccc2)[C@@]1(C)OCc1ccccc1.C[C@]1(OCc2ccccc2)C(O)O[C@H](COCc2ccccc2)[C@H]1OCc1ccccc1. The second-order valence-corrected chi connectivity index (χ2v) is 16.6. The molecule has 2 saturated heterocycles. The van der Waals surface area contributed by atoms with Crippen LogP contribution >= 0.6 is 0 Å². The lowest BCUT2D eigenvalue weighted by Gasteiger charge is -2.34.